The van der Waals surface area contributed by atoms with Crippen molar-refractivity contribution in [3.05, 3.63) is 36.3 Å². The number of imidazole rings is 1. The molecule has 0 saturated heterocycles. The minimum atomic E-state index is -0.510. The molecule has 2 aromatic heterocycles. The highest BCUT2D eigenvalue weighted by Crippen LogP contribution is 2.31. The lowest BCUT2D eigenvalue weighted by Crippen LogP contribution is -2.52. The molecule has 0 radical (unpaired) electrons. The van der Waals surface area contributed by atoms with Crippen LogP contribution in [-0.2, 0) is 4.79 Å². The van der Waals surface area contributed by atoms with Crippen LogP contribution in [0.3, 0.4) is 0 Å². The van der Waals surface area contributed by atoms with Gasteiger partial charge in [-0.25, -0.2) is 4.98 Å². The summed E-state index contributed by atoms with van der Waals surface area (Å²) in [6, 6.07) is 5.40. The van der Waals surface area contributed by atoms with Gasteiger partial charge in [-0.15, -0.1) is 0 Å². The number of nitrogens with one attached hydrogen (secondary N) is 1. The van der Waals surface area contributed by atoms with Crippen molar-refractivity contribution in [2.45, 2.75) is 44.1 Å². The summed E-state index contributed by atoms with van der Waals surface area (Å²) in [7, 11) is 0. The molecule has 116 valence electrons. The van der Waals surface area contributed by atoms with E-state index in [0.717, 1.165) is 37.8 Å². The number of pyridine rings is 1. The number of rotatable bonds is 4. The third-order valence-electron chi connectivity index (χ3n) is 4.36. The van der Waals surface area contributed by atoms with Crippen molar-refractivity contribution in [3.8, 4) is 0 Å². The Labute approximate surface area is 128 Å². The standard InChI is InChI=1S/C16H20N4O2/c17-13(21)11-16(7-2-1-3-8-16)19-15(22)12-5-4-6-14-18-9-10-20(12)14/h4-6,9-10H,1-3,7-8,11H2,(H2,17,21)(H,19,22). The van der Waals surface area contributed by atoms with Crippen LogP contribution in [0.1, 0.15) is 49.0 Å². The van der Waals surface area contributed by atoms with Crippen molar-refractivity contribution in [1.29, 1.82) is 0 Å². The second kappa shape index (κ2) is 5.79. The van der Waals surface area contributed by atoms with Gasteiger partial charge in [0.05, 0.1) is 0 Å². The minimum absolute atomic E-state index is 0.188. The van der Waals surface area contributed by atoms with Crippen molar-refractivity contribution < 1.29 is 9.59 Å². The van der Waals surface area contributed by atoms with Gasteiger partial charge in [-0.05, 0) is 25.0 Å². The highest BCUT2D eigenvalue weighted by atomic mass is 16.2. The third-order valence-corrected chi connectivity index (χ3v) is 4.36. The fourth-order valence-corrected chi connectivity index (χ4v) is 3.35. The SMILES string of the molecule is NC(=O)CC1(NC(=O)c2cccc3nccn23)CCCCC1. The lowest BCUT2D eigenvalue weighted by atomic mass is 9.79. The van der Waals surface area contributed by atoms with Crippen molar-refractivity contribution in [2.24, 2.45) is 5.73 Å². The Bertz CT molecular complexity index is 701. The van der Waals surface area contributed by atoms with Crippen molar-refractivity contribution in [2.75, 3.05) is 0 Å². The number of hydrogen-bond acceptors (Lipinski definition) is 3. The summed E-state index contributed by atoms with van der Waals surface area (Å²) in [6.07, 6.45) is 8.33. The zero-order valence-corrected chi connectivity index (χ0v) is 12.4. The lowest BCUT2D eigenvalue weighted by molar-refractivity contribution is -0.119. The fourth-order valence-electron chi connectivity index (χ4n) is 3.35. The van der Waals surface area contributed by atoms with Gasteiger partial charge >= 0.3 is 0 Å². The summed E-state index contributed by atoms with van der Waals surface area (Å²) >= 11 is 0. The van der Waals surface area contributed by atoms with E-state index in [4.69, 9.17) is 5.73 Å². The van der Waals surface area contributed by atoms with Crippen LogP contribution in [-0.4, -0.2) is 26.7 Å². The Hall–Kier alpha value is -2.37. The summed E-state index contributed by atoms with van der Waals surface area (Å²) in [5.41, 5.74) is 6.12. The van der Waals surface area contributed by atoms with Crippen LogP contribution in [0.2, 0.25) is 0 Å². The molecule has 22 heavy (non-hydrogen) atoms. The molecule has 0 aromatic carbocycles. The molecule has 0 unspecified atom stereocenters. The Kier molecular flexibility index (Phi) is 3.83. The summed E-state index contributed by atoms with van der Waals surface area (Å²) < 4.78 is 1.75. The van der Waals surface area contributed by atoms with Crippen LogP contribution in [0.4, 0.5) is 0 Å². The first kappa shape index (κ1) is 14.6. The monoisotopic (exact) mass is 300 g/mol. The summed E-state index contributed by atoms with van der Waals surface area (Å²) in [5.74, 6) is -0.560. The molecule has 3 N–H and O–H groups in total. The van der Waals surface area contributed by atoms with Gasteiger partial charge in [0.25, 0.3) is 5.91 Å². The van der Waals surface area contributed by atoms with Gasteiger partial charge in [0, 0.05) is 24.4 Å². The molecule has 1 aliphatic carbocycles. The fraction of sp³-hybridized carbons (Fsp3) is 0.438. The van der Waals surface area contributed by atoms with Crippen LogP contribution in [0.15, 0.2) is 30.6 Å². The molecular formula is C16H20N4O2. The summed E-state index contributed by atoms with van der Waals surface area (Å²) in [5, 5.41) is 3.07. The van der Waals surface area contributed by atoms with E-state index in [1.807, 2.05) is 6.07 Å². The van der Waals surface area contributed by atoms with Gasteiger partial charge in [-0.2, -0.15) is 0 Å². The van der Waals surface area contributed by atoms with Gasteiger partial charge in [-0.1, -0.05) is 25.3 Å². The molecule has 1 aliphatic rings. The molecular weight excluding hydrogens is 280 g/mol. The van der Waals surface area contributed by atoms with Crippen LogP contribution in [0, 0.1) is 0 Å². The minimum Gasteiger partial charge on any atom is -0.370 e. The lowest BCUT2D eigenvalue weighted by Gasteiger charge is -2.37. The van der Waals surface area contributed by atoms with E-state index in [1.165, 1.54) is 0 Å². The average molecular weight is 300 g/mol. The molecule has 0 bridgehead atoms. The van der Waals surface area contributed by atoms with Gasteiger partial charge in [0.1, 0.15) is 11.3 Å². The maximum atomic E-state index is 12.7. The Morgan fingerprint density at radius 1 is 1.27 bits per heavy atom. The van der Waals surface area contributed by atoms with E-state index in [-0.39, 0.29) is 18.2 Å². The number of carbonyl (C=O) groups is 2. The number of nitrogens with zero attached hydrogens (tertiary/aromatic N) is 2. The molecule has 0 spiro atoms. The van der Waals surface area contributed by atoms with E-state index in [0.29, 0.717) is 5.69 Å². The third kappa shape index (κ3) is 2.81. The number of aromatic nitrogens is 2. The molecule has 3 rings (SSSR count). The molecule has 1 fully saturated rings. The normalized spacial score (nSPS) is 17.3. The first-order chi connectivity index (χ1) is 10.6. The van der Waals surface area contributed by atoms with E-state index >= 15 is 0 Å². The number of primary amides is 1. The second-order valence-corrected chi connectivity index (χ2v) is 6.00. The molecule has 6 nitrogen and oxygen atoms in total. The molecule has 6 heteroatoms. The molecule has 0 aliphatic heterocycles. The Balaban J connectivity index is 1.87. The topological polar surface area (TPSA) is 89.5 Å². The molecule has 2 aromatic rings. The van der Waals surface area contributed by atoms with Crippen molar-refractivity contribution >= 4 is 17.5 Å². The highest BCUT2D eigenvalue weighted by Gasteiger charge is 2.35. The Morgan fingerprint density at radius 3 is 2.77 bits per heavy atom. The quantitative estimate of drug-likeness (QED) is 0.899. The maximum Gasteiger partial charge on any atom is 0.268 e. The number of carbonyl (C=O) groups excluding carboxylic acids is 2. The number of nitrogens with two attached hydrogens (primary N) is 1. The largest absolute Gasteiger partial charge is 0.370 e. The predicted octanol–water partition coefficient (Wildman–Crippen LogP) is 1.64. The van der Waals surface area contributed by atoms with Gasteiger partial charge in [0.15, 0.2) is 0 Å². The van der Waals surface area contributed by atoms with E-state index in [1.54, 1.807) is 28.9 Å². The van der Waals surface area contributed by atoms with Crippen LogP contribution in [0.5, 0.6) is 0 Å². The number of amides is 2. The van der Waals surface area contributed by atoms with Crippen molar-refractivity contribution in [3.63, 3.8) is 0 Å². The first-order valence-corrected chi connectivity index (χ1v) is 7.63. The van der Waals surface area contributed by atoms with Gasteiger partial charge in [0.2, 0.25) is 5.91 Å². The number of fused-ring (bicyclic) bond motifs is 1. The molecule has 2 heterocycles. The van der Waals surface area contributed by atoms with Crippen molar-refractivity contribution in [1.82, 2.24) is 14.7 Å². The number of hydrogen-bond donors (Lipinski definition) is 2. The molecule has 0 atom stereocenters. The predicted molar refractivity (Wildman–Crippen MR) is 82.3 cm³/mol. The zero-order valence-electron chi connectivity index (χ0n) is 12.4. The van der Waals surface area contributed by atoms with Crippen LogP contribution >= 0.6 is 0 Å². The smallest absolute Gasteiger partial charge is 0.268 e. The molecule has 1 saturated carbocycles. The van der Waals surface area contributed by atoms with E-state index < -0.39 is 5.54 Å². The zero-order chi connectivity index (χ0) is 15.6. The maximum absolute atomic E-state index is 12.7. The van der Waals surface area contributed by atoms with Crippen LogP contribution < -0.4 is 11.1 Å². The van der Waals surface area contributed by atoms with E-state index in [9.17, 15) is 9.59 Å². The Morgan fingerprint density at radius 2 is 2.05 bits per heavy atom. The molecule has 2 amide bonds. The van der Waals surface area contributed by atoms with Crippen LogP contribution in [0.25, 0.3) is 5.65 Å². The highest BCUT2D eigenvalue weighted by molar-refractivity contribution is 5.94. The van der Waals surface area contributed by atoms with Gasteiger partial charge in [-0.3, -0.25) is 14.0 Å². The van der Waals surface area contributed by atoms with E-state index in [2.05, 4.69) is 10.3 Å². The summed E-state index contributed by atoms with van der Waals surface area (Å²) in [4.78, 5) is 28.3. The first-order valence-electron chi connectivity index (χ1n) is 7.63. The second-order valence-electron chi connectivity index (χ2n) is 6.00. The van der Waals surface area contributed by atoms with Gasteiger partial charge < -0.3 is 11.1 Å². The summed E-state index contributed by atoms with van der Waals surface area (Å²) in [6.45, 7) is 0. The average Bonchev–Trinajstić information content (AvgIpc) is 2.95.